The van der Waals surface area contributed by atoms with Gasteiger partial charge in [-0.05, 0) is 60.9 Å². The van der Waals surface area contributed by atoms with Crippen LogP contribution in [0.1, 0.15) is 37.7 Å². The van der Waals surface area contributed by atoms with Gasteiger partial charge in [-0.1, -0.05) is 31.4 Å². The molecular weight excluding hydrogens is 405 g/mol. The molecule has 1 saturated heterocycles. The van der Waals surface area contributed by atoms with Gasteiger partial charge in [0, 0.05) is 54.4 Å². The van der Waals surface area contributed by atoms with Crippen molar-refractivity contribution in [3.05, 3.63) is 66.1 Å². The van der Waals surface area contributed by atoms with Crippen LogP contribution in [0, 0.1) is 5.82 Å². The van der Waals surface area contributed by atoms with Crippen molar-refractivity contribution in [3.63, 3.8) is 0 Å². The molecule has 1 N–H and O–H groups in total. The highest BCUT2D eigenvalue weighted by Gasteiger charge is 2.09. The van der Waals surface area contributed by atoms with E-state index < -0.39 is 0 Å². The lowest BCUT2D eigenvalue weighted by atomic mass is 10.0. The molecule has 3 aromatic rings. The van der Waals surface area contributed by atoms with Crippen LogP contribution < -0.4 is 10.2 Å². The van der Waals surface area contributed by atoms with Crippen molar-refractivity contribution in [2.24, 2.45) is 0 Å². The first-order valence-electron chi connectivity index (χ1n) is 11.5. The van der Waals surface area contributed by atoms with Crippen LogP contribution in [0.5, 0.6) is 0 Å². The van der Waals surface area contributed by atoms with Crippen molar-refractivity contribution in [1.82, 2.24) is 10.3 Å². The summed E-state index contributed by atoms with van der Waals surface area (Å²) in [6.07, 6.45) is 9.29. The summed E-state index contributed by atoms with van der Waals surface area (Å²) in [5, 5.41) is 4.46. The fourth-order valence-corrected chi connectivity index (χ4v) is 5.21. The van der Waals surface area contributed by atoms with Crippen LogP contribution in [0.15, 0.2) is 59.6 Å². The number of nitrogens with zero attached hydrogens (tertiary/aromatic N) is 2. The van der Waals surface area contributed by atoms with Gasteiger partial charge in [0.05, 0.1) is 5.52 Å². The number of rotatable bonds is 10. The fourth-order valence-electron chi connectivity index (χ4n) is 4.16. The number of unbranched alkanes of at least 4 members (excludes halogenated alkanes) is 4. The van der Waals surface area contributed by atoms with E-state index in [-0.39, 0.29) is 5.82 Å². The van der Waals surface area contributed by atoms with Gasteiger partial charge in [0.2, 0.25) is 0 Å². The largest absolute Gasteiger partial charge is 0.369 e. The molecule has 0 aliphatic carbocycles. The summed E-state index contributed by atoms with van der Waals surface area (Å²) in [5.74, 6) is 0.877. The van der Waals surface area contributed by atoms with Crippen LogP contribution in [0.25, 0.3) is 10.9 Å². The maximum absolute atomic E-state index is 13.4. The molecule has 3 nitrogen and oxygen atoms in total. The van der Waals surface area contributed by atoms with Crippen molar-refractivity contribution >= 4 is 28.4 Å². The molecular formula is C26H32FN3S. The number of hydrogen-bond donors (Lipinski definition) is 1. The Hall–Kier alpha value is -2.11. The van der Waals surface area contributed by atoms with E-state index in [9.17, 15) is 4.39 Å². The summed E-state index contributed by atoms with van der Waals surface area (Å²) < 4.78 is 13.4. The summed E-state index contributed by atoms with van der Waals surface area (Å²) in [7, 11) is 0. The third-order valence-electron chi connectivity index (χ3n) is 5.95. The van der Waals surface area contributed by atoms with Gasteiger partial charge in [-0.25, -0.2) is 4.39 Å². The van der Waals surface area contributed by atoms with Gasteiger partial charge in [-0.2, -0.15) is 0 Å². The molecule has 31 heavy (non-hydrogen) atoms. The quantitative estimate of drug-likeness (QED) is 0.308. The number of fused-ring (bicyclic) bond motifs is 1. The normalized spacial score (nSPS) is 14.3. The van der Waals surface area contributed by atoms with Crippen LogP contribution in [0.4, 0.5) is 10.1 Å². The molecule has 0 bridgehead atoms. The number of piperazine rings is 1. The molecule has 0 spiro atoms. The lowest BCUT2D eigenvalue weighted by Gasteiger charge is -2.29. The van der Waals surface area contributed by atoms with E-state index in [0.29, 0.717) is 0 Å². The first kappa shape index (κ1) is 22.1. The highest BCUT2D eigenvalue weighted by atomic mass is 32.2. The fraction of sp³-hybridized carbons (Fsp3) is 0.423. The smallest absolute Gasteiger partial charge is 0.125 e. The molecule has 1 aromatic heterocycles. The van der Waals surface area contributed by atoms with Crippen molar-refractivity contribution in [3.8, 4) is 0 Å². The molecule has 2 heterocycles. The summed E-state index contributed by atoms with van der Waals surface area (Å²) in [6.45, 7) is 4.37. The van der Waals surface area contributed by atoms with Crippen LogP contribution in [0.3, 0.4) is 0 Å². The van der Waals surface area contributed by atoms with Gasteiger partial charge in [0.15, 0.2) is 0 Å². The average molecular weight is 438 g/mol. The molecule has 0 radical (unpaired) electrons. The highest BCUT2D eigenvalue weighted by molar-refractivity contribution is 7.99. The molecule has 1 aliphatic rings. The number of halogens is 1. The number of nitrogens with one attached hydrogen (secondary N) is 1. The van der Waals surface area contributed by atoms with Crippen molar-refractivity contribution in [2.45, 2.75) is 43.4 Å². The Morgan fingerprint density at radius 2 is 1.68 bits per heavy atom. The Morgan fingerprint density at radius 1 is 0.903 bits per heavy atom. The van der Waals surface area contributed by atoms with E-state index >= 15 is 0 Å². The predicted octanol–water partition coefficient (Wildman–Crippen LogP) is 6.07. The molecule has 1 aliphatic heterocycles. The van der Waals surface area contributed by atoms with Crippen molar-refractivity contribution in [2.75, 3.05) is 36.8 Å². The molecule has 2 aromatic carbocycles. The molecule has 4 rings (SSSR count). The SMILES string of the molecule is Fc1ccc2c(SCCCCCCCc3ccc(N4CCNCC4)cc3)ccnc2c1. The number of anilines is 1. The molecule has 164 valence electrons. The Morgan fingerprint density at radius 3 is 2.52 bits per heavy atom. The maximum Gasteiger partial charge on any atom is 0.125 e. The topological polar surface area (TPSA) is 28.2 Å². The van der Waals surface area contributed by atoms with Gasteiger partial charge in [0.25, 0.3) is 0 Å². The molecule has 5 heteroatoms. The zero-order chi connectivity index (χ0) is 21.3. The van der Waals surface area contributed by atoms with Crippen molar-refractivity contribution < 1.29 is 4.39 Å². The number of pyridine rings is 1. The third kappa shape index (κ3) is 6.44. The maximum atomic E-state index is 13.4. The highest BCUT2D eigenvalue weighted by Crippen LogP contribution is 2.28. The van der Waals surface area contributed by atoms with Crippen LogP contribution in [0.2, 0.25) is 0 Å². The summed E-state index contributed by atoms with van der Waals surface area (Å²) in [5.41, 5.74) is 3.55. The summed E-state index contributed by atoms with van der Waals surface area (Å²) in [4.78, 5) is 7.94. The van der Waals surface area contributed by atoms with Crippen molar-refractivity contribution in [1.29, 1.82) is 0 Å². The Balaban J connectivity index is 1.10. The van der Waals surface area contributed by atoms with E-state index in [1.165, 1.54) is 66.8 Å². The van der Waals surface area contributed by atoms with Crippen LogP contribution >= 0.6 is 11.8 Å². The second kappa shape index (κ2) is 11.5. The van der Waals surface area contributed by atoms with Crippen LogP contribution in [-0.4, -0.2) is 36.9 Å². The monoisotopic (exact) mass is 437 g/mol. The lowest BCUT2D eigenvalue weighted by molar-refractivity contribution is 0.589. The number of aromatic nitrogens is 1. The molecule has 1 fully saturated rings. The first-order chi connectivity index (χ1) is 15.3. The van der Waals surface area contributed by atoms with E-state index in [4.69, 9.17) is 0 Å². The number of thioether (sulfide) groups is 1. The Kier molecular flexibility index (Phi) is 8.19. The molecule has 0 unspecified atom stereocenters. The average Bonchev–Trinajstić information content (AvgIpc) is 2.81. The van der Waals surface area contributed by atoms with E-state index in [0.717, 1.165) is 42.8 Å². The van der Waals surface area contributed by atoms with Crippen LogP contribution in [-0.2, 0) is 6.42 Å². The molecule has 0 atom stereocenters. The standard InChI is InChI=1S/C26H32FN3S/c27-22-9-12-24-25(20-22)29-14-13-26(24)31-19-5-3-1-2-4-6-21-7-10-23(11-8-21)30-17-15-28-16-18-30/h7-14,20,28H,1-6,15-19H2. The minimum absolute atomic E-state index is 0.224. The van der Waals surface area contributed by atoms with E-state index in [2.05, 4.69) is 39.5 Å². The zero-order valence-electron chi connectivity index (χ0n) is 18.2. The summed E-state index contributed by atoms with van der Waals surface area (Å²) in [6, 6.07) is 16.1. The van der Waals surface area contributed by atoms with E-state index in [1.54, 1.807) is 6.20 Å². The zero-order valence-corrected chi connectivity index (χ0v) is 19.0. The van der Waals surface area contributed by atoms with Gasteiger partial charge in [0.1, 0.15) is 5.82 Å². The molecule has 0 saturated carbocycles. The van der Waals surface area contributed by atoms with Gasteiger partial charge in [-0.15, -0.1) is 11.8 Å². The van der Waals surface area contributed by atoms with Gasteiger partial charge >= 0.3 is 0 Å². The third-order valence-corrected chi connectivity index (χ3v) is 7.11. The van der Waals surface area contributed by atoms with E-state index in [1.807, 2.05) is 23.9 Å². The number of aryl methyl sites for hydroxylation is 1. The second-order valence-electron chi connectivity index (χ2n) is 8.24. The predicted molar refractivity (Wildman–Crippen MR) is 131 cm³/mol. The minimum Gasteiger partial charge on any atom is -0.369 e. The molecule has 0 amide bonds. The number of hydrogen-bond acceptors (Lipinski definition) is 4. The van der Waals surface area contributed by atoms with Gasteiger partial charge in [-0.3, -0.25) is 4.98 Å². The second-order valence-corrected chi connectivity index (χ2v) is 9.38. The summed E-state index contributed by atoms with van der Waals surface area (Å²) >= 11 is 1.86. The minimum atomic E-state index is -0.224. The van der Waals surface area contributed by atoms with Gasteiger partial charge < -0.3 is 10.2 Å². The lowest BCUT2D eigenvalue weighted by Crippen LogP contribution is -2.43. The Bertz CT molecular complexity index is 955. The number of benzene rings is 2. The first-order valence-corrected chi connectivity index (χ1v) is 12.5. The Labute approximate surface area is 189 Å².